The van der Waals surface area contributed by atoms with Gasteiger partial charge in [-0.3, -0.25) is 0 Å². The third-order valence-electron chi connectivity index (χ3n) is 4.04. The summed E-state index contributed by atoms with van der Waals surface area (Å²) < 4.78 is 21.6. The second kappa shape index (κ2) is 7.52. The van der Waals surface area contributed by atoms with Gasteiger partial charge in [0, 0.05) is 31.3 Å². The van der Waals surface area contributed by atoms with E-state index in [4.69, 9.17) is 18.9 Å². The second-order valence-electron chi connectivity index (χ2n) is 5.27. The fraction of sp³-hybridized carbons (Fsp3) is 0.625. The van der Waals surface area contributed by atoms with E-state index in [0.29, 0.717) is 23.5 Å². The summed E-state index contributed by atoms with van der Waals surface area (Å²) in [5.41, 5.74) is 1.06. The number of benzene rings is 1. The van der Waals surface area contributed by atoms with Crippen LogP contribution in [0.1, 0.15) is 18.9 Å². The van der Waals surface area contributed by atoms with Gasteiger partial charge in [-0.25, -0.2) is 0 Å². The Hall–Kier alpha value is -1.46. The lowest BCUT2D eigenvalue weighted by Crippen LogP contribution is -2.26. The Kier molecular flexibility index (Phi) is 5.70. The van der Waals surface area contributed by atoms with Gasteiger partial charge in [-0.1, -0.05) is 0 Å². The van der Waals surface area contributed by atoms with Crippen LogP contribution < -0.4 is 19.5 Å². The highest BCUT2D eigenvalue weighted by Gasteiger charge is 2.23. The van der Waals surface area contributed by atoms with E-state index in [1.54, 1.807) is 21.3 Å². The highest BCUT2D eigenvalue weighted by Crippen LogP contribution is 2.34. The molecular weight excluding hydrogens is 270 g/mol. The number of nitrogens with one attached hydrogen (secondary N) is 1. The SMILES string of the molecule is COc1cc(OC)c(OC)cc1CNCC1CCOC1C. The summed E-state index contributed by atoms with van der Waals surface area (Å²) in [6, 6.07) is 3.82. The molecule has 1 saturated heterocycles. The predicted octanol–water partition coefficient (Wildman–Crippen LogP) is 2.23. The average Bonchev–Trinajstić information content (AvgIpc) is 2.92. The normalized spacial score (nSPS) is 21.3. The van der Waals surface area contributed by atoms with Crippen LogP contribution in [-0.4, -0.2) is 40.6 Å². The Morgan fingerprint density at radius 2 is 1.76 bits per heavy atom. The Morgan fingerprint density at radius 1 is 1.10 bits per heavy atom. The summed E-state index contributed by atoms with van der Waals surface area (Å²) in [6.45, 7) is 4.68. The van der Waals surface area contributed by atoms with E-state index < -0.39 is 0 Å². The van der Waals surface area contributed by atoms with Crippen LogP contribution in [0.2, 0.25) is 0 Å². The van der Waals surface area contributed by atoms with E-state index in [2.05, 4.69) is 12.2 Å². The first-order chi connectivity index (χ1) is 10.2. The zero-order valence-corrected chi connectivity index (χ0v) is 13.3. The summed E-state index contributed by atoms with van der Waals surface area (Å²) >= 11 is 0. The maximum Gasteiger partial charge on any atom is 0.164 e. The molecule has 0 saturated carbocycles. The van der Waals surface area contributed by atoms with Gasteiger partial charge in [0.25, 0.3) is 0 Å². The van der Waals surface area contributed by atoms with Gasteiger partial charge in [0.15, 0.2) is 11.5 Å². The number of hydrogen-bond donors (Lipinski definition) is 1. The predicted molar refractivity (Wildman–Crippen MR) is 81.3 cm³/mol. The third-order valence-corrected chi connectivity index (χ3v) is 4.04. The van der Waals surface area contributed by atoms with E-state index in [0.717, 1.165) is 37.4 Å². The molecule has 118 valence electrons. The molecule has 0 spiro atoms. The van der Waals surface area contributed by atoms with Crippen molar-refractivity contribution >= 4 is 0 Å². The molecular formula is C16H25NO4. The fourth-order valence-electron chi connectivity index (χ4n) is 2.67. The molecule has 0 aromatic heterocycles. The van der Waals surface area contributed by atoms with Gasteiger partial charge < -0.3 is 24.3 Å². The van der Waals surface area contributed by atoms with Crippen molar-refractivity contribution in [2.45, 2.75) is 26.0 Å². The van der Waals surface area contributed by atoms with Gasteiger partial charge in [0.1, 0.15) is 5.75 Å². The molecule has 2 atom stereocenters. The molecule has 1 aliphatic heterocycles. The molecule has 2 unspecified atom stereocenters. The van der Waals surface area contributed by atoms with E-state index in [-0.39, 0.29) is 0 Å². The molecule has 0 bridgehead atoms. The molecule has 21 heavy (non-hydrogen) atoms. The van der Waals surface area contributed by atoms with E-state index in [1.807, 2.05) is 12.1 Å². The topological polar surface area (TPSA) is 49.0 Å². The molecule has 0 aliphatic carbocycles. The zero-order valence-electron chi connectivity index (χ0n) is 13.3. The lowest BCUT2D eigenvalue weighted by Gasteiger charge is -2.17. The third kappa shape index (κ3) is 3.80. The van der Waals surface area contributed by atoms with Crippen molar-refractivity contribution in [2.75, 3.05) is 34.5 Å². The summed E-state index contributed by atoms with van der Waals surface area (Å²) in [6.07, 6.45) is 1.46. The molecule has 0 amide bonds. The Labute approximate surface area is 126 Å². The quantitative estimate of drug-likeness (QED) is 0.836. The van der Waals surface area contributed by atoms with Crippen molar-refractivity contribution in [3.05, 3.63) is 17.7 Å². The van der Waals surface area contributed by atoms with Gasteiger partial charge in [0.2, 0.25) is 0 Å². The average molecular weight is 295 g/mol. The van der Waals surface area contributed by atoms with Crippen LogP contribution in [0.5, 0.6) is 17.2 Å². The van der Waals surface area contributed by atoms with Crippen LogP contribution in [0.4, 0.5) is 0 Å². The minimum atomic E-state index is 0.338. The lowest BCUT2D eigenvalue weighted by atomic mass is 10.0. The molecule has 1 heterocycles. The van der Waals surface area contributed by atoms with Crippen LogP contribution >= 0.6 is 0 Å². The van der Waals surface area contributed by atoms with Gasteiger partial charge in [-0.2, -0.15) is 0 Å². The van der Waals surface area contributed by atoms with Crippen molar-refractivity contribution in [3.8, 4) is 17.2 Å². The smallest absolute Gasteiger partial charge is 0.164 e. The second-order valence-corrected chi connectivity index (χ2v) is 5.27. The van der Waals surface area contributed by atoms with Crippen LogP contribution in [0.3, 0.4) is 0 Å². The molecule has 5 heteroatoms. The van der Waals surface area contributed by atoms with E-state index >= 15 is 0 Å². The maximum atomic E-state index is 5.58. The van der Waals surface area contributed by atoms with Crippen LogP contribution in [0.15, 0.2) is 12.1 Å². The lowest BCUT2D eigenvalue weighted by molar-refractivity contribution is 0.105. The monoisotopic (exact) mass is 295 g/mol. The van der Waals surface area contributed by atoms with Crippen LogP contribution in [0.25, 0.3) is 0 Å². The minimum absolute atomic E-state index is 0.338. The fourth-order valence-corrected chi connectivity index (χ4v) is 2.67. The summed E-state index contributed by atoms with van der Waals surface area (Å²) in [4.78, 5) is 0. The molecule has 1 aromatic rings. The number of ether oxygens (including phenoxy) is 4. The summed E-state index contributed by atoms with van der Waals surface area (Å²) in [5.74, 6) is 2.77. The zero-order chi connectivity index (χ0) is 15.2. The number of hydrogen-bond acceptors (Lipinski definition) is 5. The van der Waals surface area contributed by atoms with Crippen LogP contribution in [-0.2, 0) is 11.3 Å². The van der Waals surface area contributed by atoms with Crippen molar-refractivity contribution in [1.82, 2.24) is 5.32 Å². The number of rotatable bonds is 7. The molecule has 2 rings (SSSR count). The van der Waals surface area contributed by atoms with Crippen molar-refractivity contribution in [2.24, 2.45) is 5.92 Å². The van der Waals surface area contributed by atoms with Gasteiger partial charge in [0.05, 0.1) is 27.4 Å². The first-order valence-corrected chi connectivity index (χ1v) is 7.30. The van der Waals surface area contributed by atoms with Gasteiger partial charge >= 0.3 is 0 Å². The first kappa shape index (κ1) is 15.9. The van der Waals surface area contributed by atoms with Crippen LogP contribution in [0, 0.1) is 5.92 Å². The highest BCUT2D eigenvalue weighted by atomic mass is 16.5. The molecule has 5 nitrogen and oxygen atoms in total. The van der Waals surface area contributed by atoms with Gasteiger partial charge in [-0.15, -0.1) is 0 Å². The summed E-state index contributed by atoms with van der Waals surface area (Å²) in [5, 5.41) is 3.48. The summed E-state index contributed by atoms with van der Waals surface area (Å²) in [7, 11) is 4.92. The van der Waals surface area contributed by atoms with Crippen molar-refractivity contribution in [1.29, 1.82) is 0 Å². The minimum Gasteiger partial charge on any atom is -0.496 e. The Morgan fingerprint density at radius 3 is 2.33 bits per heavy atom. The molecule has 1 aromatic carbocycles. The largest absolute Gasteiger partial charge is 0.496 e. The molecule has 1 aliphatic rings. The van der Waals surface area contributed by atoms with Crippen molar-refractivity contribution in [3.63, 3.8) is 0 Å². The maximum absolute atomic E-state index is 5.58. The van der Waals surface area contributed by atoms with E-state index in [1.165, 1.54) is 0 Å². The molecule has 0 radical (unpaired) electrons. The van der Waals surface area contributed by atoms with Crippen molar-refractivity contribution < 1.29 is 18.9 Å². The Balaban J connectivity index is 2.01. The molecule has 1 N–H and O–H groups in total. The first-order valence-electron chi connectivity index (χ1n) is 7.30. The Bertz CT molecular complexity index is 464. The molecule has 1 fully saturated rings. The highest BCUT2D eigenvalue weighted by molar-refractivity contribution is 5.50. The van der Waals surface area contributed by atoms with Gasteiger partial charge in [-0.05, 0) is 25.3 Å². The van der Waals surface area contributed by atoms with E-state index in [9.17, 15) is 0 Å². The standard InChI is InChI=1S/C16H25NO4/c1-11-12(5-6-21-11)9-17-10-13-7-15(19-3)16(20-4)8-14(13)18-2/h7-8,11-12,17H,5-6,9-10H2,1-4H3. The number of methoxy groups -OCH3 is 3.